The number of aromatic nitrogens is 2. The standard InChI is InChI=1S/C16H30N4/c1-4-16(5-2)20-11-8-15(18-20)12-19-9-6-14(7-10-19)13(3)17/h8,11,13-14,16H,4-7,9-10,12,17H2,1-3H3. The van der Waals surface area contributed by atoms with E-state index in [0.717, 1.165) is 32.5 Å². The van der Waals surface area contributed by atoms with Gasteiger partial charge in [-0.1, -0.05) is 13.8 Å². The molecule has 4 nitrogen and oxygen atoms in total. The van der Waals surface area contributed by atoms with Crippen LogP contribution in [0.15, 0.2) is 12.3 Å². The molecule has 1 fully saturated rings. The van der Waals surface area contributed by atoms with Gasteiger partial charge in [-0.2, -0.15) is 5.10 Å². The summed E-state index contributed by atoms with van der Waals surface area (Å²) in [5.41, 5.74) is 7.20. The van der Waals surface area contributed by atoms with E-state index in [0.29, 0.717) is 18.0 Å². The van der Waals surface area contributed by atoms with Gasteiger partial charge in [0.2, 0.25) is 0 Å². The first-order valence-electron chi connectivity index (χ1n) is 8.16. The van der Waals surface area contributed by atoms with Crippen LogP contribution in [0.5, 0.6) is 0 Å². The Labute approximate surface area is 123 Å². The van der Waals surface area contributed by atoms with Crippen molar-refractivity contribution in [3.8, 4) is 0 Å². The van der Waals surface area contributed by atoms with Gasteiger partial charge in [0.25, 0.3) is 0 Å². The Morgan fingerprint density at radius 3 is 2.50 bits per heavy atom. The van der Waals surface area contributed by atoms with E-state index in [-0.39, 0.29) is 0 Å². The number of piperidine rings is 1. The van der Waals surface area contributed by atoms with Crippen molar-refractivity contribution in [3.63, 3.8) is 0 Å². The van der Waals surface area contributed by atoms with Gasteiger partial charge < -0.3 is 5.73 Å². The summed E-state index contributed by atoms with van der Waals surface area (Å²) < 4.78 is 2.14. The maximum absolute atomic E-state index is 6.00. The number of hydrogen-bond donors (Lipinski definition) is 1. The Morgan fingerprint density at radius 2 is 1.95 bits per heavy atom. The molecule has 2 rings (SSSR count). The molecule has 0 amide bonds. The first-order valence-corrected chi connectivity index (χ1v) is 8.16. The SMILES string of the molecule is CCC(CC)n1ccc(CN2CCC(C(C)N)CC2)n1. The van der Waals surface area contributed by atoms with Crippen molar-refractivity contribution in [2.24, 2.45) is 11.7 Å². The molecule has 0 radical (unpaired) electrons. The molecule has 1 saturated heterocycles. The first-order chi connectivity index (χ1) is 9.63. The van der Waals surface area contributed by atoms with Crippen LogP contribution in [0, 0.1) is 5.92 Å². The predicted molar refractivity (Wildman–Crippen MR) is 83.5 cm³/mol. The van der Waals surface area contributed by atoms with E-state index in [1.165, 1.54) is 18.5 Å². The molecular formula is C16H30N4. The predicted octanol–water partition coefficient (Wildman–Crippen LogP) is 2.80. The number of likely N-dealkylation sites (tertiary alicyclic amines) is 1. The minimum absolute atomic E-state index is 0.339. The van der Waals surface area contributed by atoms with Crippen molar-refractivity contribution in [1.82, 2.24) is 14.7 Å². The number of nitrogens with zero attached hydrogens (tertiary/aromatic N) is 3. The van der Waals surface area contributed by atoms with Gasteiger partial charge in [0, 0.05) is 18.8 Å². The average Bonchev–Trinajstić information content (AvgIpc) is 2.89. The van der Waals surface area contributed by atoms with E-state index in [9.17, 15) is 0 Å². The summed E-state index contributed by atoms with van der Waals surface area (Å²) in [5, 5.41) is 4.75. The highest BCUT2D eigenvalue weighted by Gasteiger charge is 2.22. The van der Waals surface area contributed by atoms with Crippen molar-refractivity contribution in [2.45, 2.75) is 65.1 Å². The Kier molecular flexibility index (Phi) is 5.61. The van der Waals surface area contributed by atoms with Crippen LogP contribution in [0.4, 0.5) is 0 Å². The summed E-state index contributed by atoms with van der Waals surface area (Å²) >= 11 is 0. The molecule has 1 aromatic rings. The van der Waals surface area contributed by atoms with Crippen LogP contribution < -0.4 is 5.73 Å². The van der Waals surface area contributed by atoms with Gasteiger partial charge in [0.05, 0.1) is 11.7 Å². The van der Waals surface area contributed by atoms with E-state index in [2.05, 4.69) is 42.6 Å². The third-order valence-corrected chi connectivity index (χ3v) is 4.74. The molecule has 20 heavy (non-hydrogen) atoms. The van der Waals surface area contributed by atoms with E-state index in [1.54, 1.807) is 0 Å². The second-order valence-corrected chi connectivity index (χ2v) is 6.23. The Hall–Kier alpha value is -0.870. The summed E-state index contributed by atoms with van der Waals surface area (Å²) in [7, 11) is 0. The van der Waals surface area contributed by atoms with E-state index in [1.807, 2.05) is 0 Å². The number of rotatable bonds is 6. The summed E-state index contributed by atoms with van der Waals surface area (Å²) in [6.07, 6.45) is 6.90. The first kappa shape index (κ1) is 15.5. The highest BCUT2D eigenvalue weighted by atomic mass is 15.3. The van der Waals surface area contributed by atoms with Crippen molar-refractivity contribution in [3.05, 3.63) is 18.0 Å². The molecule has 2 N–H and O–H groups in total. The zero-order valence-corrected chi connectivity index (χ0v) is 13.3. The molecule has 0 spiro atoms. The molecule has 1 atom stereocenters. The molecule has 114 valence electrons. The highest BCUT2D eigenvalue weighted by Crippen LogP contribution is 2.21. The fourth-order valence-corrected chi connectivity index (χ4v) is 3.19. The fraction of sp³-hybridized carbons (Fsp3) is 0.812. The van der Waals surface area contributed by atoms with Crippen molar-refractivity contribution < 1.29 is 0 Å². The lowest BCUT2D eigenvalue weighted by Crippen LogP contribution is -2.39. The molecular weight excluding hydrogens is 248 g/mol. The zero-order valence-electron chi connectivity index (χ0n) is 13.3. The number of hydrogen-bond acceptors (Lipinski definition) is 3. The van der Waals surface area contributed by atoms with Crippen molar-refractivity contribution >= 4 is 0 Å². The van der Waals surface area contributed by atoms with Gasteiger partial charge in [-0.05, 0) is 57.7 Å². The van der Waals surface area contributed by atoms with Gasteiger partial charge in [0.15, 0.2) is 0 Å². The molecule has 4 heteroatoms. The van der Waals surface area contributed by atoms with Crippen LogP contribution in [0.1, 0.15) is 58.2 Å². The second-order valence-electron chi connectivity index (χ2n) is 6.23. The third-order valence-electron chi connectivity index (χ3n) is 4.74. The minimum Gasteiger partial charge on any atom is -0.328 e. The normalized spacial score (nSPS) is 19.6. The lowest BCUT2D eigenvalue weighted by Gasteiger charge is -2.33. The summed E-state index contributed by atoms with van der Waals surface area (Å²) in [6, 6.07) is 3.06. The van der Waals surface area contributed by atoms with E-state index >= 15 is 0 Å². The molecule has 1 aliphatic heterocycles. The maximum atomic E-state index is 6.00. The van der Waals surface area contributed by atoms with Crippen molar-refractivity contribution in [2.75, 3.05) is 13.1 Å². The Balaban J connectivity index is 1.85. The van der Waals surface area contributed by atoms with Gasteiger partial charge in [-0.3, -0.25) is 9.58 Å². The van der Waals surface area contributed by atoms with Crippen LogP contribution in [-0.4, -0.2) is 33.8 Å². The molecule has 0 aliphatic carbocycles. The molecule has 1 aromatic heterocycles. The Bertz CT molecular complexity index is 387. The minimum atomic E-state index is 0.339. The monoisotopic (exact) mass is 278 g/mol. The molecule has 1 aliphatic rings. The molecule has 0 bridgehead atoms. The topological polar surface area (TPSA) is 47.1 Å². The van der Waals surface area contributed by atoms with Crippen LogP contribution >= 0.6 is 0 Å². The highest BCUT2D eigenvalue weighted by molar-refractivity contribution is 5.00. The molecule has 0 aromatic carbocycles. The van der Waals surface area contributed by atoms with Crippen LogP contribution in [-0.2, 0) is 6.54 Å². The van der Waals surface area contributed by atoms with Crippen LogP contribution in [0.2, 0.25) is 0 Å². The van der Waals surface area contributed by atoms with Gasteiger partial charge in [-0.25, -0.2) is 0 Å². The maximum Gasteiger partial charge on any atom is 0.0764 e. The summed E-state index contributed by atoms with van der Waals surface area (Å²) in [4.78, 5) is 2.51. The van der Waals surface area contributed by atoms with Crippen LogP contribution in [0.25, 0.3) is 0 Å². The lowest BCUT2D eigenvalue weighted by molar-refractivity contribution is 0.163. The van der Waals surface area contributed by atoms with Gasteiger partial charge >= 0.3 is 0 Å². The van der Waals surface area contributed by atoms with Gasteiger partial charge in [0.1, 0.15) is 0 Å². The smallest absolute Gasteiger partial charge is 0.0764 e. The third kappa shape index (κ3) is 3.83. The molecule has 0 saturated carbocycles. The molecule has 1 unspecified atom stereocenters. The lowest BCUT2D eigenvalue weighted by atomic mass is 9.91. The second kappa shape index (κ2) is 7.23. The molecule has 2 heterocycles. The summed E-state index contributed by atoms with van der Waals surface area (Å²) in [5.74, 6) is 0.702. The van der Waals surface area contributed by atoms with Crippen molar-refractivity contribution in [1.29, 1.82) is 0 Å². The van der Waals surface area contributed by atoms with E-state index in [4.69, 9.17) is 10.8 Å². The average molecular weight is 278 g/mol. The Morgan fingerprint density at radius 1 is 1.30 bits per heavy atom. The zero-order chi connectivity index (χ0) is 14.5. The summed E-state index contributed by atoms with van der Waals surface area (Å²) in [6.45, 7) is 9.90. The quantitative estimate of drug-likeness (QED) is 0.870. The van der Waals surface area contributed by atoms with Gasteiger partial charge in [-0.15, -0.1) is 0 Å². The van der Waals surface area contributed by atoms with Crippen LogP contribution in [0.3, 0.4) is 0 Å². The van der Waals surface area contributed by atoms with E-state index < -0.39 is 0 Å². The largest absolute Gasteiger partial charge is 0.328 e. The fourth-order valence-electron chi connectivity index (χ4n) is 3.19. The number of nitrogens with two attached hydrogens (primary N) is 1.